The van der Waals surface area contributed by atoms with Gasteiger partial charge in [-0.05, 0) is 19.4 Å². The molecule has 5 heteroatoms. The monoisotopic (exact) mass is 171 g/mol. The molecule has 68 valence electrons. The van der Waals surface area contributed by atoms with Crippen LogP contribution >= 0.6 is 0 Å². The number of carbonyl (C=O) groups is 1. The van der Waals surface area contributed by atoms with Crippen molar-refractivity contribution in [1.29, 1.82) is 0 Å². The zero-order valence-electron chi connectivity index (χ0n) is 6.79. The molecule has 5 nitrogen and oxygen atoms in total. The summed E-state index contributed by atoms with van der Waals surface area (Å²) in [5, 5.41) is 16.4. The predicted molar refractivity (Wildman–Crippen MR) is 41.4 cm³/mol. The number of nitrogens with zero attached hydrogens (tertiary/aromatic N) is 1. The fourth-order valence-electron chi connectivity index (χ4n) is 1.80. The van der Waals surface area contributed by atoms with E-state index in [0.29, 0.717) is 0 Å². The minimum atomic E-state index is -0.259. The molecule has 0 aromatic rings. The van der Waals surface area contributed by atoms with Gasteiger partial charge in [0.25, 0.3) is 5.91 Å². The van der Waals surface area contributed by atoms with Crippen LogP contribution < -0.4 is 10.6 Å². The van der Waals surface area contributed by atoms with Crippen LogP contribution in [-0.4, -0.2) is 41.5 Å². The maximum atomic E-state index is 11.0. The number of hydrogen-bond acceptors (Lipinski definition) is 4. The highest BCUT2D eigenvalue weighted by Gasteiger charge is 2.36. The van der Waals surface area contributed by atoms with Gasteiger partial charge in [0.15, 0.2) is 0 Å². The molecule has 0 aliphatic carbocycles. The molecule has 2 rings (SSSR count). The minimum absolute atomic E-state index is 0.210. The third-order valence-electron chi connectivity index (χ3n) is 2.46. The van der Waals surface area contributed by atoms with Gasteiger partial charge in [-0.2, -0.15) is 0 Å². The summed E-state index contributed by atoms with van der Waals surface area (Å²) in [4.78, 5) is 11.0. The molecule has 2 saturated heterocycles. The summed E-state index contributed by atoms with van der Waals surface area (Å²) in [7, 11) is 0. The van der Waals surface area contributed by atoms with Gasteiger partial charge in [-0.15, -0.1) is 0 Å². The van der Waals surface area contributed by atoms with Gasteiger partial charge in [0, 0.05) is 6.04 Å². The zero-order chi connectivity index (χ0) is 8.55. The number of fused-ring (bicyclic) bond motifs is 1. The normalized spacial score (nSPS) is 36.4. The van der Waals surface area contributed by atoms with Gasteiger partial charge in [0.1, 0.15) is 6.17 Å². The van der Waals surface area contributed by atoms with E-state index >= 15 is 0 Å². The Bertz CT molecular complexity index is 197. The Hall–Kier alpha value is -0.650. The number of rotatable bonds is 0. The van der Waals surface area contributed by atoms with E-state index in [1.165, 1.54) is 0 Å². The minimum Gasteiger partial charge on any atom is -0.302 e. The quantitative estimate of drug-likeness (QED) is 0.404. The van der Waals surface area contributed by atoms with Gasteiger partial charge in [0.2, 0.25) is 0 Å². The van der Waals surface area contributed by atoms with Crippen molar-refractivity contribution >= 4 is 5.91 Å². The second kappa shape index (κ2) is 3.01. The van der Waals surface area contributed by atoms with Gasteiger partial charge < -0.3 is 5.32 Å². The van der Waals surface area contributed by atoms with E-state index in [4.69, 9.17) is 0 Å². The Morgan fingerprint density at radius 1 is 1.50 bits per heavy atom. The standard InChI is InChI=1S/C7H13N3O2/c11-6-4-9-5-2-1-3-8-7(5)10(6)12/h5,7-9,12H,1-4H2. The molecule has 2 aliphatic rings. The number of nitrogens with one attached hydrogen (secondary N) is 2. The van der Waals surface area contributed by atoms with Crippen LogP contribution in [-0.2, 0) is 4.79 Å². The zero-order valence-corrected chi connectivity index (χ0v) is 6.79. The molecule has 2 unspecified atom stereocenters. The lowest BCUT2D eigenvalue weighted by Gasteiger charge is -2.41. The van der Waals surface area contributed by atoms with Crippen molar-refractivity contribution in [1.82, 2.24) is 15.7 Å². The maximum absolute atomic E-state index is 11.0. The van der Waals surface area contributed by atoms with Crippen LogP contribution in [0, 0.1) is 0 Å². The Morgan fingerprint density at radius 3 is 3.17 bits per heavy atom. The number of piperidine rings is 1. The van der Waals surface area contributed by atoms with Crippen LogP contribution in [0.15, 0.2) is 0 Å². The highest BCUT2D eigenvalue weighted by molar-refractivity contribution is 5.78. The highest BCUT2D eigenvalue weighted by atomic mass is 16.5. The molecule has 0 bridgehead atoms. The second-order valence-electron chi connectivity index (χ2n) is 3.27. The summed E-state index contributed by atoms with van der Waals surface area (Å²) in [6, 6.07) is 0.210. The van der Waals surface area contributed by atoms with E-state index in [1.54, 1.807) is 0 Å². The van der Waals surface area contributed by atoms with Crippen molar-refractivity contribution in [3.05, 3.63) is 0 Å². The Labute approximate surface area is 70.7 Å². The SMILES string of the molecule is O=C1CNC2CCCNC2N1O. The summed E-state index contributed by atoms with van der Waals surface area (Å²) in [5.41, 5.74) is 0. The summed E-state index contributed by atoms with van der Waals surface area (Å²) in [6.07, 6.45) is 1.89. The molecule has 0 radical (unpaired) electrons. The largest absolute Gasteiger partial charge is 0.302 e. The van der Waals surface area contributed by atoms with E-state index in [2.05, 4.69) is 10.6 Å². The summed E-state index contributed by atoms with van der Waals surface area (Å²) in [6.45, 7) is 1.12. The molecule has 2 aliphatic heterocycles. The molecule has 12 heavy (non-hydrogen) atoms. The molecule has 2 atom stereocenters. The molecule has 3 N–H and O–H groups in total. The lowest BCUT2D eigenvalue weighted by molar-refractivity contribution is -0.190. The van der Waals surface area contributed by atoms with Crippen molar-refractivity contribution in [2.24, 2.45) is 0 Å². The lowest BCUT2D eigenvalue weighted by atomic mass is 10.0. The molecule has 2 fully saturated rings. The Balaban J connectivity index is 2.08. The fourth-order valence-corrected chi connectivity index (χ4v) is 1.80. The molecular weight excluding hydrogens is 158 g/mol. The molecule has 0 aromatic carbocycles. The van der Waals surface area contributed by atoms with Gasteiger partial charge in [-0.25, -0.2) is 5.06 Å². The number of amides is 1. The topological polar surface area (TPSA) is 64.6 Å². The van der Waals surface area contributed by atoms with Gasteiger partial charge >= 0.3 is 0 Å². The van der Waals surface area contributed by atoms with E-state index < -0.39 is 0 Å². The second-order valence-corrected chi connectivity index (χ2v) is 3.27. The summed E-state index contributed by atoms with van der Waals surface area (Å²) in [5.74, 6) is -0.259. The first-order valence-electron chi connectivity index (χ1n) is 4.27. The van der Waals surface area contributed by atoms with Crippen LogP contribution in [0.5, 0.6) is 0 Å². The van der Waals surface area contributed by atoms with Crippen molar-refractivity contribution in [3.8, 4) is 0 Å². The van der Waals surface area contributed by atoms with Crippen LogP contribution in [0.3, 0.4) is 0 Å². The lowest BCUT2D eigenvalue weighted by Crippen LogP contribution is -2.66. The smallest absolute Gasteiger partial charge is 0.261 e. The predicted octanol–water partition coefficient (Wildman–Crippen LogP) is -1.11. The fraction of sp³-hybridized carbons (Fsp3) is 0.857. The van der Waals surface area contributed by atoms with Crippen molar-refractivity contribution in [3.63, 3.8) is 0 Å². The number of carbonyl (C=O) groups excluding carboxylic acids is 1. The van der Waals surface area contributed by atoms with Crippen molar-refractivity contribution < 1.29 is 10.0 Å². The molecular formula is C7H13N3O2. The first kappa shape index (κ1) is 7.97. The molecule has 2 heterocycles. The van der Waals surface area contributed by atoms with Gasteiger partial charge in [-0.1, -0.05) is 0 Å². The third-order valence-corrected chi connectivity index (χ3v) is 2.46. The van der Waals surface area contributed by atoms with E-state index in [0.717, 1.165) is 24.4 Å². The van der Waals surface area contributed by atoms with Crippen molar-refractivity contribution in [2.75, 3.05) is 13.1 Å². The number of hydrogen-bond donors (Lipinski definition) is 3. The molecule has 0 spiro atoms. The molecule has 0 saturated carbocycles. The highest BCUT2D eigenvalue weighted by Crippen LogP contribution is 2.14. The van der Waals surface area contributed by atoms with Crippen LogP contribution in [0.4, 0.5) is 0 Å². The average Bonchev–Trinajstić information content (AvgIpc) is 2.12. The summed E-state index contributed by atoms with van der Waals surface area (Å²) >= 11 is 0. The number of piperazine rings is 1. The van der Waals surface area contributed by atoms with Crippen LogP contribution in [0.1, 0.15) is 12.8 Å². The summed E-state index contributed by atoms with van der Waals surface area (Å²) < 4.78 is 0. The first-order chi connectivity index (χ1) is 5.79. The van der Waals surface area contributed by atoms with Crippen molar-refractivity contribution in [2.45, 2.75) is 25.0 Å². The van der Waals surface area contributed by atoms with E-state index in [-0.39, 0.29) is 24.7 Å². The van der Waals surface area contributed by atoms with Crippen LogP contribution in [0.25, 0.3) is 0 Å². The van der Waals surface area contributed by atoms with Gasteiger partial charge in [-0.3, -0.25) is 15.3 Å². The first-order valence-corrected chi connectivity index (χ1v) is 4.27. The molecule has 0 aromatic heterocycles. The third kappa shape index (κ3) is 1.20. The Kier molecular flexibility index (Phi) is 2.00. The van der Waals surface area contributed by atoms with E-state index in [1.807, 2.05) is 0 Å². The maximum Gasteiger partial charge on any atom is 0.261 e. The number of hydroxylamine groups is 2. The average molecular weight is 171 g/mol. The Morgan fingerprint density at radius 2 is 2.33 bits per heavy atom. The molecule has 1 amide bonds. The van der Waals surface area contributed by atoms with E-state index in [9.17, 15) is 10.0 Å². The van der Waals surface area contributed by atoms with Gasteiger partial charge in [0.05, 0.1) is 6.54 Å². The van der Waals surface area contributed by atoms with Crippen LogP contribution in [0.2, 0.25) is 0 Å².